The number of pyridine rings is 3. The summed E-state index contributed by atoms with van der Waals surface area (Å²) in [7, 11) is -3.44. The molecule has 1 atom stereocenters. The Hall–Kier alpha value is -3.93. The average molecular weight is 573 g/mol. The predicted octanol–water partition coefficient (Wildman–Crippen LogP) is 2.90. The van der Waals surface area contributed by atoms with Crippen molar-refractivity contribution in [3.63, 3.8) is 0 Å². The molecule has 10 nitrogen and oxygen atoms in total. The topological polar surface area (TPSA) is 126 Å². The molecule has 4 aromatic rings. The molecule has 3 aromatic heterocycles. The van der Waals surface area contributed by atoms with E-state index in [-0.39, 0.29) is 28.4 Å². The summed E-state index contributed by atoms with van der Waals surface area (Å²) in [6, 6.07) is 16.4. The van der Waals surface area contributed by atoms with Gasteiger partial charge in [0.15, 0.2) is 9.84 Å². The molecule has 0 unspecified atom stereocenters. The molecule has 2 aliphatic heterocycles. The molecule has 212 valence electrons. The molecule has 2 aliphatic rings. The van der Waals surface area contributed by atoms with E-state index >= 15 is 0 Å². The number of morpholine rings is 1. The zero-order valence-corrected chi connectivity index (χ0v) is 23.9. The Morgan fingerprint density at radius 1 is 1.12 bits per heavy atom. The van der Waals surface area contributed by atoms with Crippen LogP contribution in [0.15, 0.2) is 65.7 Å². The van der Waals surface area contributed by atoms with Crippen LogP contribution in [0.25, 0.3) is 22.3 Å². The van der Waals surface area contributed by atoms with E-state index in [1.54, 1.807) is 25.3 Å². The third-order valence-corrected chi connectivity index (χ3v) is 8.95. The maximum absolute atomic E-state index is 12.8. The van der Waals surface area contributed by atoms with E-state index in [0.717, 1.165) is 73.6 Å². The summed E-state index contributed by atoms with van der Waals surface area (Å²) >= 11 is 0. The highest BCUT2D eigenvalue weighted by Gasteiger charge is 2.40. The summed E-state index contributed by atoms with van der Waals surface area (Å²) in [4.78, 5) is 29.5. The second-order valence-electron chi connectivity index (χ2n) is 10.8. The van der Waals surface area contributed by atoms with Gasteiger partial charge in [-0.1, -0.05) is 12.1 Å². The molecule has 0 aliphatic carbocycles. The van der Waals surface area contributed by atoms with Gasteiger partial charge >= 0.3 is 0 Å². The van der Waals surface area contributed by atoms with Crippen LogP contribution >= 0.6 is 0 Å². The second-order valence-corrected chi connectivity index (χ2v) is 12.8. The van der Waals surface area contributed by atoms with Crippen LogP contribution in [0.4, 0.5) is 5.82 Å². The van der Waals surface area contributed by atoms with Gasteiger partial charge in [-0.15, -0.1) is 0 Å². The lowest BCUT2D eigenvalue weighted by Crippen LogP contribution is -2.55. The number of hydrogen-bond acceptors (Lipinski definition) is 9. The van der Waals surface area contributed by atoms with E-state index in [1.165, 1.54) is 6.07 Å². The summed E-state index contributed by atoms with van der Waals surface area (Å²) in [5.74, 6) is 0.542. The highest BCUT2D eigenvalue weighted by atomic mass is 32.2. The number of hydrogen-bond donors (Lipinski definition) is 2. The molecule has 1 spiro atoms. The summed E-state index contributed by atoms with van der Waals surface area (Å²) < 4.78 is 29.8. The summed E-state index contributed by atoms with van der Waals surface area (Å²) in [5, 5.41) is 7.35. The normalized spacial score (nSPS) is 19.1. The van der Waals surface area contributed by atoms with Crippen LogP contribution in [0.2, 0.25) is 0 Å². The number of carbonyl (C=O) groups is 1. The lowest BCUT2D eigenvalue weighted by molar-refractivity contribution is 0.0368. The maximum atomic E-state index is 12.8. The van der Waals surface area contributed by atoms with Gasteiger partial charge in [0.1, 0.15) is 5.82 Å². The van der Waals surface area contributed by atoms with E-state index in [9.17, 15) is 13.2 Å². The first-order valence-electron chi connectivity index (χ1n) is 13.6. The van der Waals surface area contributed by atoms with Crippen LogP contribution in [0.3, 0.4) is 0 Å². The number of carbonyl (C=O) groups excluding carboxylic acids is 1. The molecule has 2 saturated heterocycles. The van der Waals surface area contributed by atoms with Crippen molar-refractivity contribution in [1.29, 1.82) is 0 Å². The number of fused-ring (bicyclic) bond motifs is 1. The van der Waals surface area contributed by atoms with Gasteiger partial charge in [-0.2, -0.15) is 0 Å². The molecule has 1 amide bonds. The number of amides is 1. The highest BCUT2D eigenvalue weighted by molar-refractivity contribution is 7.90. The van der Waals surface area contributed by atoms with Crippen LogP contribution in [-0.2, 0) is 21.1 Å². The molecule has 1 aromatic carbocycles. The number of rotatable bonds is 6. The molecule has 0 bridgehead atoms. The maximum Gasteiger partial charge on any atom is 0.251 e. The smallest absolute Gasteiger partial charge is 0.251 e. The summed E-state index contributed by atoms with van der Waals surface area (Å²) in [6.07, 6.45) is 3.88. The lowest BCUT2D eigenvalue weighted by atomic mass is 9.99. The van der Waals surface area contributed by atoms with Crippen LogP contribution in [0, 0.1) is 6.92 Å². The minimum atomic E-state index is -3.44. The first-order valence-corrected chi connectivity index (χ1v) is 15.5. The van der Waals surface area contributed by atoms with Gasteiger partial charge in [0.05, 0.1) is 52.8 Å². The Labute approximate surface area is 239 Å². The zero-order chi connectivity index (χ0) is 28.6. The second kappa shape index (κ2) is 10.8. The number of aryl methyl sites for hydroxylation is 1. The van der Waals surface area contributed by atoms with Crippen molar-refractivity contribution in [3.8, 4) is 11.4 Å². The SMILES string of the molecule is Cc1ccc(C(=O)NCc2cc3nc(-c4cccc(N5CC[C@@]6(COCCN6)C5)n4)ccc3cn2)cc1S(C)(=O)=O. The van der Waals surface area contributed by atoms with Crippen molar-refractivity contribution in [2.24, 2.45) is 0 Å². The Balaban J connectivity index is 1.18. The molecular weight excluding hydrogens is 540 g/mol. The van der Waals surface area contributed by atoms with Gasteiger partial charge in [-0.3, -0.25) is 9.78 Å². The Bertz CT molecular complexity index is 1740. The fraction of sp³-hybridized carbons (Fsp3) is 0.333. The zero-order valence-electron chi connectivity index (χ0n) is 23.1. The predicted molar refractivity (Wildman–Crippen MR) is 157 cm³/mol. The van der Waals surface area contributed by atoms with E-state index < -0.39 is 9.84 Å². The van der Waals surface area contributed by atoms with E-state index in [1.807, 2.05) is 36.4 Å². The van der Waals surface area contributed by atoms with E-state index in [4.69, 9.17) is 14.7 Å². The fourth-order valence-corrected chi connectivity index (χ4v) is 6.48. The largest absolute Gasteiger partial charge is 0.378 e. The van der Waals surface area contributed by atoms with Crippen LogP contribution in [0.5, 0.6) is 0 Å². The quantitative estimate of drug-likeness (QED) is 0.359. The molecule has 0 radical (unpaired) electrons. The Kier molecular flexibility index (Phi) is 7.18. The van der Waals surface area contributed by atoms with Gasteiger partial charge in [0.2, 0.25) is 0 Å². The average Bonchev–Trinajstić information content (AvgIpc) is 3.38. The van der Waals surface area contributed by atoms with Crippen LogP contribution in [0.1, 0.15) is 28.0 Å². The third kappa shape index (κ3) is 5.79. The fourth-order valence-electron chi connectivity index (χ4n) is 5.49. The molecule has 41 heavy (non-hydrogen) atoms. The highest BCUT2D eigenvalue weighted by Crippen LogP contribution is 2.29. The molecule has 0 saturated carbocycles. The molecule has 5 heterocycles. The van der Waals surface area contributed by atoms with Crippen molar-refractivity contribution in [1.82, 2.24) is 25.6 Å². The minimum Gasteiger partial charge on any atom is -0.378 e. The molecule has 11 heteroatoms. The number of sulfone groups is 1. The number of nitrogens with zero attached hydrogens (tertiary/aromatic N) is 4. The number of benzene rings is 1. The van der Waals surface area contributed by atoms with Gasteiger partial charge in [0.25, 0.3) is 5.91 Å². The van der Waals surface area contributed by atoms with Gasteiger partial charge in [-0.25, -0.2) is 18.4 Å². The molecular formula is C30H32N6O4S. The van der Waals surface area contributed by atoms with Crippen LogP contribution < -0.4 is 15.5 Å². The Morgan fingerprint density at radius 3 is 2.78 bits per heavy atom. The number of nitrogens with one attached hydrogen (secondary N) is 2. The van der Waals surface area contributed by atoms with Crippen molar-refractivity contribution in [2.75, 3.05) is 44.0 Å². The van der Waals surface area contributed by atoms with Crippen LogP contribution in [-0.4, -0.2) is 73.9 Å². The summed E-state index contributed by atoms with van der Waals surface area (Å²) in [5.41, 5.74) is 3.78. The lowest BCUT2D eigenvalue weighted by Gasteiger charge is -2.34. The molecule has 2 N–H and O–H groups in total. The molecule has 2 fully saturated rings. The van der Waals surface area contributed by atoms with Crippen molar-refractivity contribution in [2.45, 2.75) is 30.3 Å². The summed E-state index contributed by atoms with van der Waals surface area (Å²) in [6.45, 7) is 5.99. The number of aromatic nitrogens is 3. The molecule has 6 rings (SSSR count). The van der Waals surface area contributed by atoms with Crippen molar-refractivity contribution >= 4 is 32.5 Å². The standard InChI is InChI=1S/C30H32N6O4S/c1-20-6-7-21(14-27(20)41(2,38)39)29(37)32-17-23-15-26-22(16-31-23)8-9-25(34-26)24-4-3-5-28(35-24)36-12-10-30(18-36)19-40-13-11-33-30/h3-9,14-16,33H,10-13,17-19H2,1-2H3,(H,32,37)/t30-/m0/s1. The van der Waals surface area contributed by atoms with Crippen molar-refractivity contribution in [3.05, 3.63) is 77.6 Å². The first-order chi connectivity index (χ1) is 19.7. The minimum absolute atomic E-state index is 0.00853. The van der Waals surface area contributed by atoms with Crippen molar-refractivity contribution < 1.29 is 17.9 Å². The monoisotopic (exact) mass is 572 g/mol. The van der Waals surface area contributed by atoms with E-state index in [0.29, 0.717) is 11.3 Å². The number of anilines is 1. The van der Waals surface area contributed by atoms with Gasteiger partial charge in [-0.05, 0) is 61.4 Å². The van der Waals surface area contributed by atoms with Gasteiger partial charge in [0, 0.05) is 43.0 Å². The number of ether oxygens (including phenoxy) is 1. The Morgan fingerprint density at radius 2 is 1.98 bits per heavy atom. The van der Waals surface area contributed by atoms with E-state index in [2.05, 4.69) is 20.5 Å². The first kappa shape index (κ1) is 27.3. The van der Waals surface area contributed by atoms with Gasteiger partial charge < -0.3 is 20.3 Å². The third-order valence-electron chi connectivity index (χ3n) is 7.71.